The van der Waals surface area contributed by atoms with Crippen LogP contribution in [0, 0.1) is 23.7 Å². The normalized spacial score (nSPS) is 24.0. The first-order valence-electron chi connectivity index (χ1n) is 24.7. The van der Waals surface area contributed by atoms with E-state index < -0.39 is 11.8 Å². The molecule has 0 spiro atoms. The summed E-state index contributed by atoms with van der Waals surface area (Å²) in [5, 5.41) is 27.2. The standard InChI is InChI=1S/C56H70N2O7S/c1-3-33-63-56-52(58(53(61)30-27-40-17-8-9-18-40)39-43-22-16-21-41-19-10-11-25-46(41)43)38-50(57-64-4-2)48-36-42(20-12-14-31-59)47(26-13-15-32-60)54(55(48)56)49-37-44(28-29-51(49)65-56)62-34-35-66-45-23-6-5-7-24-45/h3,5-7,10-11,16,19,21-25,28-29,36-37,40,42,47,52,54-55,59-60H,1,4,8-9,12-15,17-18,20,26-27,30-35,38-39H2,2H3/t42-,47+,52-,54+,55+,56+/m0/s1. The molecule has 2 saturated carbocycles. The number of unbranched alkanes of at least 4 members (excludes halogenated alkanes) is 2. The Morgan fingerprint density at radius 3 is 2.50 bits per heavy atom. The molecule has 8 rings (SSSR count). The fourth-order valence-electron chi connectivity index (χ4n) is 11.5. The van der Waals surface area contributed by atoms with Gasteiger partial charge in [-0.15, -0.1) is 18.3 Å². The van der Waals surface area contributed by atoms with Crippen molar-refractivity contribution in [2.75, 3.05) is 38.8 Å². The van der Waals surface area contributed by atoms with Crippen LogP contribution in [-0.4, -0.2) is 77.3 Å². The van der Waals surface area contributed by atoms with Crippen molar-refractivity contribution in [3.05, 3.63) is 126 Å². The number of carbonyl (C=O) groups is 1. The SMILES string of the molecule is C=CCO[C@@]12Oc3ccc(OCCSc4ccccc4)cc3[C@H]3[C@H](CCCCO)[C@@H](CCCCO)C=C(C(=NOCC)C[C@@H]1N(Cc1cccc4ccccc14)C(=O)CCC1CCCC1)[C@H]32. The average Bonchev–Trinajstić information content (AvgIpc) is 3.88. The number of thioether (sulfide) groups is 1. The van der Waals surface area contributed by atoms with Crippen LogP contribution in [0.4, 0.5) is 0 Å². The van der Waals surface area contributed by atoms with Crippen molar-refractivity contribution in [2.45, 2.75) is 120 Å². The number of ether oxygens (including phenoxy) is 3. The molecule has 4 aromatic rings. The molecule has 3 aliphatic carbocycles. The van der Waals surface area contributed by atoms with Gasteiger partial charge in [-0.2, -0.15) is 0 Å². The number of carbonyl (C=O) groups excluding carboxylic acids is 1. The van der Waals surface area contributed by atoms with Crippen LogP contribution in [0.15, 0.2) is 125 Å². The van der Waals surface area contributed by atoms with Gasteiger partial charge in [0, 0.05) is 54.7 Å². The van der Waals surface area contributed by atoms with E-state index >= 15 is 4.79 Å². The second-order valence-corrected chi connectivity index (χ2v) is 19.7. The number of nitrogens with zero attached hydrogens (tertiary/aromatic N) is 2. The van der Waals surface area contributed by atoms with Crippen molar-refractivity contribution in [2.24, 2.45) is 28.8 Å². The molecule has 0 saturated heterocycles. The topological polar surface area (TPSA) is 110 Å². The molecule has 0 radical (unpaired) electrons. The highest BCUT2D eigenvalue weighted by molar-refractivity contribution is 7.99. The van der Waals surface area contributed by atoms with Gasteiger partial charge < -0.3 is 34.2 Å². The van der Waals surface area contributed by atoms with Crippen molar-refractivity contribution in [1.29, 1.82) is 0 Å². The van der Waals surface area contributed by atoms with Crippen LogP contribution >= 0.6 is 11.8 Å². The van der Waals surface area contributed by atoms with E-state index in [9.17, 15) is 10.2 Å². The zero-order chi connectivity index (χ0) is 45.7. The Balaban J connectivity index is 1.28. The lowest BCUT2D eigenvalue weighted by Gasteiger charge is -2.60. The molecule has 2 fully saturated rings. The second kappa shape index (κ2) is 23.4. The Morgan fingerprint density at radius 1 is 0.939 bits per heavy atom. The highest BCUT2D eigenvalue weighted by atomic mass is 32.2. The number of benzene rings is 4. The molecule has 0 bridgehead atoms. The molecule has 10 heteroatoms. The first kappa shape index (κ1) is 47.9. The third-order valence-corrected chi connectivity index (χ3v) is 15.4. The van der Waals surface area contributed by atoms with Crippen molar-refractivity contribution in [1.82, 2.24) is 4.90 Å². The summed E-state index contributed by atoms with van der Waals surface area (Å²) in [6.45, 7) is 7.89. The highest BCUT2D eigenvalue weighted by Crippen LogP contribution is 2.62. The van der Waals surface area contributed by atoms with Crippen LogP contribution in [0.2, 0.25) is 0 Å². The molecule has 4 aliphatic rings. The highest BCUT2D eigenvalue weighted by Gasteiger charge is 2.65. The maximum atomic E-state index is 15.4. The van der Waals surface area contributed by atoms with E-state index in [-0.39, 0.29) is 49.4 Å². The first-order chi connectivity index (χ1) is 32.5. The van der Waals surface area contributed by atoms with Gasteiger partial charge in [0.05, 0.1) is 24.8 Å². The van der Waals surface area contributed by atoms with Gasteiger partial charge in [-0.25, -0.2) is 0 Å². The van der Waals surface area contributed by atoms with E-state index in [4.69, 9.17) is 24.2 Å². The van der Waals surface area contributed by atoms with E-state index in [0.717, 1.165) is 89.0 Å². The molecule has 66 heavy (non-hydrogen) atoms. The molecule has 0 aromatic heterocycles. The molecule has 4 aromatic carbocycles. The van der Waals surface area contributed by atoms with Gasteiger partial charge in [0.2, 0.25) is 11.7 Å². The molecule has 1 aliphatic heterocycles. The van der Waals surface area contributed by atoms with Gasteiger partial charge in [0.25, 0.3) is 0 Å². The summed E-state index contributed by atoms with van der Waals surface area (Å²) in [4.78, 5) is 24.7. The number of oxime groups is 1. The first-order valence-corrected chi connectivity index (χ1v) is 25.7. The van der Waals surface area contributed by atoms with Gasteiger partial charge in [-0.3, -0.25) is 4.79 Å². The monoisotopic (exact) mass is 914 g/mol. The van der Waals surface area contributed by atoms with Crippen LogP contribution in [0.25, 0.3) is 10.8 Å². The predicted octanol–water partition coefficient (Wildman–Crippen LogP) is 11.7. The van der Waals surface area contributed by atoms with Gasteiger partial charge >= 0.3 is 0 Å². The third kappa shape index (κ3) is 10.9. The number of amides is 1. The van der Waals surface area contributed by atoms with Gasteiger partial charge in [-0.1, -0.05) is 116 Å². The predicted molar refractivity (Wildman–Crippen MR) is 265 cm³/mol. The van der Waals surface area contributed by atoms with Crippen molar-refractivity contribution < 1.29 is 34.1 Å². The summed E-state index contributed by atoms with van der Waals surface area (Å²) in [7, 11) is 0. The number of hydrogen-bond donors (Lipinski definition) is 2. The smallest absolute Gasteiger partial charge is 0.239 e. The van der Waals surface area contributed by atoms with E-state index in [1.165, 1.54) is 30.6 Å². The molecule has 1 heterocycles. The molecule has 6 atom stereocenters. The van der Waals surface area contributed by atoms with Gasteiger partial charge in [-0.05, 0) is 109 Å². The van der Waals surface area contributed by atoms with E-state index in [2.05, 4.69) is 90.4 Å². The molecule has 1 amide bonds. The maximum absolute atomic E-state index is 15.4. The summed E-state index contributed by atoms with van der Waals surface area (Å²) < 4.78 is 21.4. The summed E-state index contributed by atoms with van der Waals surface area (Å²) in [5.41, 5.74) is 3.99. The molecular formula is C56H70N2O7S. The fourth-order valence-corrected chi connectivity index (χ4v) is 12.2. The average molecular weight is 915 g/mol. The number of allylic oxidation sites excluding steroid dienone is 1. The van der Waals surface area contributed by atoms with E-state index in [1.807, 2.05) is 25.1 Å². The summed E-state index contributed by atoms with van der Waals surface area (Å²) in [6.07, 6.45) is 15.6. The lowest BCUT2D eigenvalue weighted by atomic mass is 9.55. The zero-order valence-electron chi connectivity index (χ0n) is 38.9. The van der Waals surface area contributed by atoms with Crippen LogP contribution in [0.3, 0.4) is 0 Å². The van der Waals surface area contributed by atoms with Gasteiger partial charge in [0.1, 0.15) is 24.1 Å². The zero-order valence-corrected chi connectivity index (χ0v) is 39.7. The van der Waals surface area contributed by atoms with E-state index in [0.29, 0.717) is 44.9 Å². The number of aliphatic hydroxyl groups excluding tert-OH is 2. The van der Waals surface area contributed by atoms with E-state index in [1.54, 1.807) is 17.8 Å². The molecular weight excluding hydrogens is 845 g/mol. The molecule has 352 valence electrons. The van der Waals surface area contributed by atoms with Crippen LogP contribution < -0.4 is 9.47 Å². The maximum Gasteiger partial charge on any atom is 0.239 e. The second-order valence-electron chi connectivity index (χ2n) is 18.5. The minimum absolute atomic E-state index is 0.0878. The Bertz CT molecular complexity index is 2270. The molecule has 9 nitrogen and oxygen atoms in total. The largest absolute Gasteiger partial charge is 0.493 e. The lowest BCUT2D eigenvalue weighted by Crippen LogP contribution is -2.70. The summed E-state index contributed by atoms with van der Waals surface area (Å²) in [5.74, 6) is 1.39. The molecule has 0 unspecified atom stereocenters. The third-order valence-electron chi connectivity index (χ3n) is 14.5. The van der Waals surface area contributed by atoms with Gasteiger partial charge in [0.15, 0.2) is 0 Å². The van der Waals surface area contributed by atoms with Crippen molar-refractivity contribution >= 4 is 34.2 Å². The summed E-state index contributed by atoms with van der Waals surface area (Å²) in [6, 6.07) is 30.8. The Morgan fingerprint density at radius 2 is 1.71 bits per heavy atom. The van der Waals surface area contributed by atoms with Crippen molar-refractivity contribution in [3.63, 3.8) is 0 Å². The number of fused-ring (bicyclic) bond motifs is 3. The lowest BCUT2D eigenvalue weighted by molar-refractivity contribution is -0.258. The Labute approximate surface area is 396 Å². The molecule has 2 N–H and O–H groups in total. The quantitative estimate of drug-likeness (QED) is 0.0310. The van der Waals surface area contributed by atoms with Crippen LogP contribution in [0.5, 0.6) is 11.5 Å². The fraction of sp³-hybridized carbons (Fsp3) is 0.500. The minimum atomic E-state index is -1.32. The van der Waals surface area contributed by atoms with Crippen LogP contribution in [0.1, 0.15) is 107 Å². The Hall–Kier alpha value is -4.61. The summed E-state index contributed by atoms with van der Waals surface area (Å²) >= 11 is 1.77. The Kier molecular flexibility index (Phi) is 17.0. The minimum Gasteiger partial charge on any atom is -0.493 e. The van der Waals surface area contributed by atoms with Crippen molar-refractivity contribution in [3.8, 4) is 11.5 Å². The number of rotatable bonds is 24. The number of aliphatic hydroxyl groups is 2. The number of hydrogen-bond acceptors (Lipinski definition) is 9. The van der Waals surface area contributed by atoms with Crippen LogP contribution in [-0.2, 0) is 20.9 Å².